The minimum atomic E-state index is -0.687. The van der Waals surface area contributed by atoms with E-state index < -0.39 is 24.1 Å². The molecule has 57 heavy (non-hydrogen) atoms. The highest BCUT2D eigenvalue weighted by Gasteiger charge is 2.52. The zero-order chi connectivity index (χ0) is 39.8. The van der Waals surface area contributed by atoms with Gasteiger partial charge in [0.15, 0.2) is 0 Å². The average molecular weight is 773 g/mol. The van der Waals surface area contributed by atoms with Crippen LogP contribution in [0, 0.1) is 29.6 Å². The van der Waals surface area contributed by atoms with Gasteiger partial charge in [-0.2, -0.15) is 4.39 Å². The molecule has 4 N–H and O–H groups in total. The lowest BCUT2D eigenvalue weighted by Gasteiger charge is -2.30. The van der Waals surface area contributed by atoms with Gasteiger partial charge in [-0.25, -0.2) is 19.7 Å². The number of carbonyl (C=O) groups is 3. The van der Waals surface area contributed by atoms with Crippen molar-refractivity contribution in [1.82, 2.24) is 40.5 Å². The number of rotatable bonds is 11. The highest BCUT2D eigenvalue weighted by molar-refractivity contribution is 5.86. The van der Waals surface area contributed by atoms with Crippen LogP contribution in [-0.2, 0) is 14.3 Å². The normalized spacial score (nSPS) is 22.4. The van der Waals surface area contributed by atoms with Crippen molar-refractivity contribution in [1.29, 1.82) is 0 Å². The molecular formula is C44H49FN8O4. The lowest BCUT2D eigenvalue weighted by Crippen LogP contribution is -2.51. The Morgan fingerprint density at radius 2 is 1.42 bits per heavy atom. The molecule has 1 aliphatic heterocycles. The largest absolute Gasteiger partial charge is 0.453 e. The summed E-state index contributed by atoms with van der Waals surface area (Å²) in [5, 5.41) is 5.77. The van der Waals surface area contributed by atoms with E-state index in [4.69, 9.17) is 9.72 Å². The van der Waals surface area contributed by atoms with Crippen molar-refractivity contribution in [3.63, 3.8) is 0 Å². The third-order valence-corrected chi connectivity index (χ3v) is 12.3. The van der Waals surface area contributed by atoms with Crippen molar-refractivity contribution < 1.29 is 23.5 Å². The van der Waals surface area contributed by atoms with Gasteiger partial charge in [-0.1, -0.05) is 68.4 Å². The Morgan fingerprint density at radius 3 is 2.05 bits per heavy atom. The number of imidazole rings is 2. The second-order valence-corrected chi connectivity index (χ2v) is 16.1. The first-order valence-electron chi connectivity index (χ1n) is 20.0. The highest BCUT2D eigenvalue weighted by atomic mass is 19.1. The van der Waals surface area contributed by atoms with Crippen LogP contribution in [0.1, 0.15) is 88.1 Å². The number of benzene rings is 2. The van der Waals surface area contributed by atoms with Crippen LogP contribution < -0.4 is 10.6 Å². The molecule has 2 bridgehead atoms. The predicted molar refractivity (Wildman–Crippen MR) is 213 cm³/mol. The fraction of sp³-hybridized carbons (Fsp3) is 0.409. The first kappa shape index (κ1) is 38.0. The van der Waals surface area contributed by atoms with Gasteiger partial charge in [0.1, 0.15) is 17.7 Å². The molecule has 4 heterocycles. The highest BCUT2D eigenvalue weighted by Crippen LogP contribution is 2.56. The van der Waals surface area contributed by atoms with Crippen LogP contribution in [0.5, 0.6) is 0 Å². The first-order valence-corrected chi connectivity index (χ1v) is 20.0. The van der Waals surface area contributed by atoms with E-state index >= 15 is 0 Å². The quantitative estimate of drug-likeness (QED) is 0.100. The zero-order valence-corrected chi connectivity index (χ0v) is 32.7. The fourth-order valence-electron chi connectivity index (χ4n) is 9.35. The second kappa shape index (κ2) is 16.0. The molecule has 2 saturated carbocycles. The van der Waals surface area contributed by atoms with E-state index in [0.717, 1.165) is 77.4 Å². The Balaban J connectivity index is 0.923. The summed E-state index contributed by atoms with van der Waals surface area (Å²) in [6.45, 7) is 6.20. The molecule has 3 amide bonds. The molecule has 7 atom stereocenters. The number of hydrogen-bond acceptors (Lipinski definition) is 7. The smallest absolute Gasteiger partial charge is 0.407 e. The van der Waals surface area contributed by atoms with Gasteiger partial charge in [0.05, 0.1) is 48.9 Å². The summed E-state index contributed by atoms with van der Waals surface area (Å²) >= 11 is 0. The lowest BCUT2D eigenvalue weighted by atomic mass is 9.78. The Hall–Kier alpha value is -5.85. The number of alkyl carbamates (subject to hydrolysis) is 1. The summed E-state index contributed by atoms with van der Waals surface area (Å²) in [5.41, 5.74) is 6.26. The number of nitrogens with zero attached hydrogens (tertiary/aromatic N) is 4. The minimum absolute atomic E-state index is 0.0145. The van der Waals surface area contributed by atoms with Gasteiger partial charge in [0.2, 0.25) is 17.8 Å². The number of likely N-dealkylation sites (tertiary alicyclic amines) is 1. The monoisotopic (exact) mass is 772 g/mol. The van der Waals surface area contributed by atoms with Crippen LogP contribution in [0.4, 0.5) is 9.18 Å². The minimum Gasteiger partial charge on any atom is -0.453 e. The third-order valence-electron chi connectivity index (χ3n) is 12.3. The number of fused-ring (bicyclic) bond motifs is 2. The topological polar surface area (TPSA) is 158 Å². The van der Waals surface area contributed by atoms with Crippen LogP contribution in [0.25, 0.3) is 33.6 Å². The van der Waals surface area contributed by atoms with E-state index in [9.17, 15) is 18.8 Å². The van der Waals surface area contributed by atoms with Gasteiger partial charge >= 0.3 is 6.09 Å². The van der Waals surface area contributed by atoms with Crippen LogP contribution in [-0.4, -0.2) is 67.4 Å². The number of pyridine rings is 1. The van der Waals surface area contributed by atoms with E-state index in [-0.39, 0.29) is 41.5 Å². The Kier molecular flexibility index (Phi) is 10.6. The number of methoxy groups -OCH3 is 1. The van der Waals surface area contributed by atoms with Gasteiger partial charge in [-0.15, -0.1) is 0 Å². The molecule has 0 radical (unpaired) electrons. The molecule has 1 saturated heterocycles. The Bertz CT molecular complexity index is 2230. The van der Waals surface area contributed by atoms with Crippen molar-refractivity contribution in [2.45, 2.75) is 76.9 Å². The summed E-state index contributed by atoms with van der Waals surface area (Å²) in [6.07, 6.45) is 9.18. The van der Waals surface area contributed by atoms with Crippen LogP contribution >= 0.6 is 0 Å². The van der Waals surface area contributed by atoms with Gasteiger partial charge < -0.3 is 30.2 Å². The van der Waals surface area contributed by atoms with E-state index in [0.29, 0.717) is 18.0 Å². The summed E-state index contributed by atoms with van der Waals surface area (Å²) in [6, 6.07) is 18.6. The first-order chi connectivity index (χ1) is 27.6. The van der Waals surface area contributed by atoms with Gasteiger partial charge in [0.25, 0.3) is 0 Å². The van der Waals surface area contributed by atoms with Crippen LogP contribution in [0.2, 0.25) is 0 Å². The van der Waals surface area contributed by atoms with E-state index in [1.54, 1.807) is 25.3 Å². The van der Waals surface area contributed by atoms with E-state index in [1.807, 2.05) is 24.9 Å². The van der Waals surface area contributed by atoms with Gasteiger partial charge in [-0.05, 0) is 85.1 Å². The molecule has 1 unspecified atom stereocenters. The van der Waals surface area contributed by atoms with E-state index in [1.165, 1.54) is 13.3 Å². The Labute approximate surface area is 331 Å². The van der Waals surface area contributed by atoms with Gasteiger partial charge in [0, 0.05) is 24.2 Å². The maximum absolute atomic E-state index is 14.4. The molecule has 13 heteroatoms. The molecule has 2 aromatic carbocycles. The molecule has 12 nitrogen and oxygen atoms in total. The average Bonchev–Trinajstić information content (AvgIpc) is 4.08. The Morgan fingerprint density at radius 1 is 0.807 bits per heavy atom. The molecule has 2 aliphatic carbocycles. The molecule has 3 aliphatic rings. The maximum atomic E-state index is 14.4. The number of nitrogens with one attached hydrogen (secondary N) is 4. The number of amides is 3. The van der Waals surface area contributed by atoms with Crippen LogP contribution in [0.15, 0.2) is 79.3 Å². The number of aromatic nitrogens is 5. The van der Waals surface area contributed by atoms with Crippen molar-refractivity contribution in [2.24, 2.45) is 23.7 Å². The molecule has 3 aromatic heterocycles. The number of H-pyrrole nitrogens is 2. The predicted octanol–water partition coefficient (Wildman–Crippen LogP) is 7.72. The number of ether oxygens (including phenoxy) is 1. The molecular weight excluding hydrogens is 724 g/mol. The van der Waals surface area contributed by atoms with Gasteiger partial charge in [-0.3, -0.25) is 9.59 Å². The number of aromatic amines is 2. The summed E-state index contributed by atoms with van der Waals surface area (Å²) < 4.78 is 19.1. The maximum Gasteiger partial charge on any atom is 0.407 e. The third kappa shape index (κ3) is 7.54. The van der Waals surface area contributed by atoms with E-state index in [2.05, 4.69) is 79.1 Å². The second-order valence-electron chi connectivity index (χ2n) is 16.1. The summed E-state index contributed by atoms with van der Waals surface area (Å²) in [4.78, 5) is 61.3. The molecule has 3 fully saturated rings. The number of carbonyl (C=O) groups excluding carboxylic acids is 3. The van der Waals surface area contributed by atoms with Crippen molar-refractivity contribution in [3.8, 4) is 33.6 Å². The SMILES string of the molecule is COC(=O)NC(C(=O)N1CCC[C@H]1c1ncc(-c2ccc(-c3ccc(-c4cnc([C@@H]5[C@H]6CC[C@H](C6)[C@H]5C(=O)N[C@@H](C)c5cccnc5F)[nH]4)cc3)cc2)[nH]1)C(C)C. The van der Waals surface area contributed by atoms with Crippen molar-refractivity contribution in [2.75, 3.05) is 13.7 Å². The van der Waals surface area contributed by atoms with Crippen molar-refractivity contribution >= 4 is 17.9 Å². The zero-order valence-electron chi connectivity index (χ0n) is 32.7. The lowest BCUT2D eigenvalue weighted by molar-refractivity contribution is -0.135. The molecule has 0 spiro atoms. The van der Waals surface area contributed by atoms with Crippen molar-refractivity contribution in [3.05, 3.63) is 102 Å². The molecule has 296 valence electrons. The molecule has 5 aromatic rings. The number of halogens is 1. The molecule has 8 rings (SSSR count). The standard InChI is InChI=1S/C44H49FN8O4/c1-24(2)38(52-44(56)57-4)43(55)53-20-6-8-35(53)40-47-22-33(50-40)28-13-9-26(10-14-28)27-11-15-29(16-12-27)34-23-48-41(51-34)36-30-17-18-31(21-30)37(36)42(54)49-25(3)32-7-5-19-46-39(32)45/h5,7,9-16,19,22-25,30-31,35-38H,6,8,17-18,20-21H2,1-4H3,(H,47,50)(H,48,51)(H,49,54)(H,52,56)/t25-,30-,31+,35-,36+,37+,38?/m0/s1. The summed E-state index contributed by atoms with van der Waals surface area (Å²) in [5.74, 6) is 1.14. The number of hydrogen-bond donors (Lipinski definition) is 4. The summed E-state index contributed by atoms with van der Waals surface area (Å²) in [7, 11) is 1.29. The fourth-order valence-corrected chi connectivity index (χ4v) is 9.35. The van der Waals surface area contributed by atoms with Crippen LogP contribution in [0.3, 0.4) is 0 Å².